The van der Waals surface area contributed by atoms with E-state index in [1.54, 1.807) is 26.0 Å². The molecule has 0 unspecified atom stereocenters. The molecule has 0 saturated heterocycles. The quantitative estimate of drug-likeness (QED) is 0.775. The maximum atomic E-state index is 9.44. The van der Waals surface area contributed by atoms with Crippen molar-refractivity contribution in [1.29, 1.82) is 15.8 Å². The number of allylic oxidation sites excluding steroid dienone is 2. The van der Waals surface area contributed by atoms with E-state index in [1.807, 2.05) is 43.3 Å². The minimum absolute atomic E-state index is 0.0612. The maximum Gasteiger partial charge on any atom is 0.172 e. The van der Waals surface area contributed by atoms with Gasteiger partial charge in [-0.05, 0) is 26.3 Å². The lowest BCUT2D eigenvalue weighted by atomic mass is 9.94. The molecule has 0 aromatic heterocycles. The molecule has 0 aliphatic carbocycles. The zero-order valence-electron chi connectivity index (χ0n) is 13.2. The Labute approximate surface area is 135 Å². The summed E-state index contributed by atoms with van der Waals surface area (Å²) in [4.78, 5) is 0. The highest BCUT2D eigenvalue weighted by atomic mass is 16.5. The van der Waals surface area contributed by atoms with E-state index >= 15 is 0 Å². The largest absolute Gasteiger partial charge is 0.480 e. The van der Waals surface area contributed by atoms with Crippen LogP contribution in [0.5, 0.6) is 0 Å². The molecule has 4 nitrogen and oxygen atoms in total. The molecular formula is C19H15N3O. The summed E-state index contributed by atoms with van der Waals surface area (Å²) in [5, 5.41) is 27.5. The molecule has 1 heterocycles. The van der Waals surface area contributed by atoms with Crippen LogP contribution in [-0.4, -0.2) is 5.60 Å². The van der Waals surface area contributed by atoms with Crippen LogP contribution in [0.4, 0.5) is 0 Å². The first-order valence-corrected chi connectivity index (χ1v) is 7.06. The molecule has 0 amide bonds. The van der Waals surface area contributed by atoms with E-state index in [0.717, 1.165) is 5.56 Å². The van der Waals surface area contributed by atoms with E-state index in [9.17, 15) is 5.26 Å². The van der Waals surface area contributed by atoms with Gasteiger partial charge in [0.15, 0.2) is 11.3 Å². The van der Waals surface area contributed by atoms with Crippen LogP contribution in [0.25, 0.3) is 6.08 Å². The third-order valence-electron chi connectivity index (χ3n) is 3.58. The molecule has 0 fully saturated rings. The Kier molecular flexibility index (Phi) is 4.35. The fraction of sp³-hybridized carbons (Fsp3) is 0.211. The Balaban J connectivity index is 2.53. The average Bonchev–Trinajstić information content (AvgIpc) is 2.78. The number of benzene rings is 1. The van der Waals surface area contributed by atoms with Crippen molar-refractivity contribution in [2.45, 2.75) is 26.4 Å². The first kappa shape index (κ1) is 16.1. The first-order chi connectivity index (χ1) is 10.9. The van der Waals surface area contributed by atoms with E-state index in [1.165, 1.54) is 5.56 Å². The molecule has 23 heavy (non-hydrogen) atoms. The Hall–Kier alpha value is -3.29. The van der Waals surface area contributed by atoms with Crippen molar-refractivity contribution in [1.82, 2.24) is 0 Å². The van der Waals surface area contributed by atoms with Gasteiger partial charge in [0, 0.05) is 5.57 Å². The third-order valence-corrected chi connectivity index (χ3v) is 3.58. The van der Waals surface area contributed by atoms with Gasteiger partial charge >= 0.3 is 0 Å². The maximum absolute atomic E-state index is 9.44. The SMILES string of the molecule is Cc1ccc(C=CC2=C(C#N)C(=C(C#N)C#N)OC2(C)C)cc1. The number of hydrogen-bond donors (Lipinski definition) is 0. The second kappa shape index (κ2) is 6.22. The first-order valence-electron chi connectivity index (χ1n) is 7.06. The number of hydrogen-bond acceptors (Lipinski definition) is 4. The molecule has 0 spiro atoms. The summed E-state index contributed by atoms with van der Waals surface area (Å²) in [5.41, 5.74) is 2.08. The zero-order chi connectivity index (χ0) is 17.0. The highest BCUT2D eigenvalue weighted by Crippen LogP contribution is 2.40. The summed E-state index contributed by atoms with van der Waals surface area (Å²) < 4.78 is 5.70. The molecular weight excluding hydrogens is 286 g/mol. The topological polar surface area (TPSA) is 80.6 Å². The molecule has 1 aromatic carbocycles. The molecule has 1 aliphatic rings. The van der Waals surface area contributed by atoms with E-state index in [4.69, 9.17) is 15.3 Å². The number of nitrogens with zero attached hydrogens (tertiary/aromatic N) is 3. The Morgan fingerprint density at radius 1 is 1.04 bits per heavy atom. The summed E-state index contributed by atoms with van der Waals surface area (Å²) in [7, 11) is 0. The number of ether oxygens (including phenoxy) is 1. The molecule has 0 N–H and O–H groups in total. The fourth-order valence-electron chi connectivity index (χ4n) is 2.34. The van der Waals surface area contributed by atoms with Crippen LogP contribution in [0.15, 0.2) is 52.8 Å². The van der Waals surface area contributed by atoms with Crippen LogP contribution in [0.3, 0.4) is 0 Å². The number of nitriles is 3. The van der Waals surface area contributed by atoms with Crippen LogP contribution < -0.4 is 0 Å². The molecule has 2 rings (SSSR count). The molecule has 1 aromatic rings. The lowest BCUT2D eigenvalue weighted by Gasteiger charge is -2.20. The molecule has 1 aliphatic heterocycles. The standard InChI is InChI=1S/C19H15N3O/c1-13-4-6-14(7-5-13)8-9-17-16(12-22)18(15(10-20)11-21)23-19(17,2)3/h4-9H,1-3H3. The van der Waals surface area contributed by atoms with E-state index in [2.05, 4.69) is 6.07 Å². The van der Waals surface area contributed by atoms with Crippen molar-refractivity contribution >= 4 is 6.08 Å². The van der Waals surface area contributed by atoms with Crippen molar-refractivity contribution < 1.29 is 4.74 Å². The highest BCUT2D eigenvalue weighted by Gasteiger charge is 2.38. The minimum atomic E-state index is -0.777. The lowest BCUT2D eigenvalue weighted by Crippen LogP contribution is -2.20. The van der Waals surface area contributed by atoms with Gasteiger partial charge in [0.25, 0.3) is 0 Å². The lowest BCUT2D eigenvalue weighted by molar-refractivity contribution is 0.0954. The van der Waals surface area contributed by atoms with Crippen LogP contribution >= 0.6 is 0 Å². The van der Waals surface area contributed by atoms with Crippen molar-refractivity contribution in [2.75, 3.05) is 0 Å². The van der Waals surface area contributed by atoms with Crippen LogP contribution in [-0.2, 0) is 4.74 Å². The van der Waals surface area contributed by atoms with E-state index in [0.29, 0.717) is 5.57 Å². The van der Waals surface area contributed by atoms with Gasteiger partial charge in [0.1, 0.15) is 29.4 Å². The fourth-order valence-corrected chi connectivity index (χ4v) is 2.34. The van der Waals surface area contributed by atoms with Gasteiger partial charge in [0.2, 0.25) is 0 Å². The molecule has 0 atom stereocenters. The summed E-state index contributed by atoms with van der Waals surface area (Å²) in [6, 6.07) is 13.6. The second-order valence-electron chi connectivity index (χ2n) is 5.68. The Bertz CT molecular complexity index is 832. The van der Waals surface area contributed by atoms with Gasteiger partial charge in [-0.1, -0.05) is 42.0 Å². The minimum Gasteiger partial charge on any atom is -0.480 e. The van der Waals surface area contributed by atoms with Crippen molar-refractivity contribution in [3.8, 4) is 18.2 Å². The number of aryl methyl sites for hydroxylation is 1. The predicted molar refractivity (Wildman–Crippen MR) is 86.3 cm³/mol. The predicted octanol–water partition coefficient (Wildman–Crippen LogP) is 3.94. The summed E-state index contributed by atoms with van der Waals surface area (Å²) >= 11 is 0. The van der Waals surface area contributed by atoms with Crippen molar-refractivity contribution in [2.24, 2.45) is 0 Å². The molecule has 4 heteroatoms. The molecule has 112 valence electrons. The molecule has 0 bridgehead atoms. The summed E-state index contributed by atoms with van der Waals surface area (Å²) in [6.45, 7) is 5.62. The smallest absolute Gasteiger partial charge is 0.172 e. The summed E-state index contributed by atoms with van der Waals surface area (Å²) in [6.07, 6.45) is 3.70. The van der Waals surface area contributed by atoms with Gasteiger partial charge in [-0.3, -0.25) is 0 Å². The van der Waals surface area contributed by atoms with Crippen LogP contribution in [0.1, 0.15) is 25.0 Å². The molecule has 0 saturated carbocycles. The number of rotatable bonds is 2. The summed E-state index contributed by atoms with van der Waals surface area (Å²) in [5.74, 6) is 0.0612. The Morgan fingerprint density at radius 2 is 1.65 bits per heavy atom. The Morgan fingerprint density at radius 3 is 2.17 bits per heavy atom. The van der Waals surface area contributed by atoms with Crippen LogP contribution in [0, 0.1) is 40.9 Å². The van der Waals surface area contributed by atoms with Crippen molar-refractivity contribution in [3.63, 3.8) is 0 Å². The van der Waals surface area contributed by atoms with Crippen molar-refractivity contribution in [3.05, 3.63) is 63.9 Å². The van der Waals surface area contributed by atoms with E-state index < -0.39 is 5.60 Å². The van der Waals surface area contributed by atoms with Gasteiger partial charge in [-0.25, -0.2) is 0 Å². The monoisotopic (exact) mass is 301 g/mol. The second-order valence-corrected chi connectivity index (χ2v) is 5.68. The van der Waals surface area contributed by atoms with Gasteiger partial charge in [-0.15, -0.1) is 0 Å². The van der Waals surface area contributed by atoms with Gasteiger partial charge in [0.05, 0.1) is 0 Å². The van der Waals surface area contributed by atoms with Crippen LogP contribution in [0.2, 0.25) is 0 Å². The van der Waals surface area contributed by atoms with Gasteiger partial charge in [-0.2, -0.15) is 15.8 Å². The van der Waals surface area contributed by atoms with E-state index in [-0.39, 0.29) is 16.9 Å². The molecule has 0 radical (unpaired) electrons. The normalized spacial score (nSPS) is 15.7. The highest BCUT2D eigenvalue weighted by molar-refractivity contribution is 5.64. The zero-order valence-corrected chi connectivity index (χ0v) is 13.2. The third kappa shape index (κ3) is 3.15. The average molecular weight is 301 g/mol. The van der Waals surface area contributed by atoms with Gasteiger partial charge < -0.3 is 4.74 Å².